The minimum atomic E-state index is -0.848. The van der Waals surface area contributed by atoms with Gasteiger partial charge in [0.15, 0.2) is 0 Å². The van der Waals surface area contributed by atoms with Crippen molar-refractivity contribution in [2.24, 2.45) is 5.10 Å². The molecule has 0 bridgehead atoms. The van der Waals surface area contributed by atoms with Gasteiger partial charge in [0.05, 0.1) is 31.4 Å². The lowest BCUT2D eigenvalue weighted by Crippen LogP contribution is -2.07. The standard InChI is InChI=1S/C22H21N3O4S/c1-2-29-21(28)12-19-14-30-22(24-19)25-23-13-15-6-8-17(9-7-15)18-5-3-4-16(10-18)11-20(26)27/h3-10,13-14H,2,11-12H2,1H3,(H,24,25)(H,26,27). The van der Waals surface area contributed by atoms with Crippen molar-refractivity contribution in [2.75, 3.05) is 12.0 Å². The number of aromatic nitrogens is 1. The minimum absolute atomic E-state index is 0.00249. The van der Waals surface area contributed by atoms with Crippen LogP contribution in [0.1, 0.15) is 23.7 Å². The molecular formula is C22H21N3O4S. The van der Waals surface area contributed by atoms with E-state index in [9.17, 15) is 9.59 Å². The maximum Gasteiger partial charge on any atom is 0.311 e. The highest BCUT2D eigenvalue weighted by Crippen LogP contribution is 2.21. The minimum Gasteiger partial charge on any atom is -0.481 e. The molecule has 0 aliphatic carbocycles. The predicted molar refractivity (Wildman–Crippen MR) is 117 cm³/mol. The van der Waals surface area contributed by atoms with Gasteiger partial charge in [-0.05, 0) is 29.2 Å². The number of carboxylic acids is 1. The van der Waals surface area contributed by atoms with Crippen LogP contribution in [-0.2, 0) is 27.2 Å². The average Bonchev–Trinajstić information content (AvgIpc) is 3.15. The van der Waals surface area contributed by atoms with Crippen molar-refractivity contribution < 1.29 is 19.4 Å². The fourth-order valence-electron chi connectivity index (χ4n) is 2.76. The zero-order chi connectivity index (χ0) is 21.3. The number of nitrogens with one attached hydrogen (secondary N) is 1. The molecule has 3 rings (SSSR count). The van der Waals surface area contributed by atoms with E-state index in [2.05, 4.69) is 15.5 Å². The topological polar surface area (TPSA) is 101 Å². The van der Waals surface area contributed by atoms with Crippen molar-refractivity contribution in [1.29, 1.82) is 0 Å². The van der Waals surface area contributed by atoms with Gasteiger partial charge in [-0.15, -0.1) is 11.3 Å². The first-order valence-corrected chi connectivity index (χ1v) is 10.2. The number of hydrogen-bond acceptors (Lipinski definition) is 7. The molecule has 0 saturated heterocycles. The number of rotatable bonds is 9. The third-order valence-electron chi connectivity index (χ3n) is 4.08. The molecular weight excluding hydrogens is 402 g/mol. The molecule has 0 radical (unpaired) electrons. The molecule has 2 N–H and O–H groups in total. The number of nitrogens with zero attached hydrogens (tertiary/aromatic N) is 2. The average molecular weight is 423 g/mol. The quantitative estimate of drug-likeness (QED) is 0.307. The van der Waals surface area contributed by atoms with Gasteiger partial charge in [-0.3, -0.25) is 15.0 Å². The summed E-state index contributed by atoms with van der Waals surface area (Å²) in [5.74, 6) is -1.15. The molecule has 0 spiro atoms. The van der Waals surface area contributed by atoms with Gasteiger partial charge >= 0.3 is 11.9 Å². The summed E-state index contributed by atoms with van der Waals surface area (Å²) in [6, 6.07) is 15.3. The molecule has 8 heteroatoms. The molecule has 0 saturated carbocycles. The van der Waals surface area contributed by atoms with Crippen LogP contribution in [0.2, 0.25) is 0 Å². The van der Waals surface area contributed by atoms with Crippen molar-refractivity contribution in [2.45, 2.75) is 19.8 Å². The number of hydrogen-bond donors (Lipinski definition) is 2. The summed E-state index contributed by atoms with van der Waals surface area (Å²) in [6.45, 7) is 2.12. The smallest absolute Gasteiger partial charge is 0.311 e. The summed E-state index contributed by atoms with van der Waals surface area (Å²) in [5.41, 5.74) is 7.13. The Morgan fingerprint density at radius 3 is 2.70 bits per heavy atom. The summed E-state index contributed by atoms with van der Waals surface area (Å²) in [7, 11) is 0. The van der Waals surface area contributed by atoms with Gasteiger partial charge in [-0.25, -0.2) is 4.98 Å². The van der Waals surface area contributed by atoms with Crippen LogP contribution in [0.5, 0.6) is 0 Å². The number of esters is 1. The first kappa shape index (κ1) is 21.2. The van der Waals surface area contributed by atoms with Gasteiger partial charge in [-0.2, -0.15) is 5.10 Å². The van der Waals surface area contributed by atoms with E-state index >= 15 is 0 Å². The normalized spacial score (nSPS) is 10.8. The van der Waals surface area contributed by atoms with E-state index in [1.165, 1.54) is 11.3 Å². The first-order valence-electron chi connectivity index (χ1n) is 9.33. The van der Waals surface area contributed by atoms with E-state index in [0.717, 1.165) is 22.3 Å². The number of carbonyl (C=O) groups excluding carboxylic acids is 1. The Bertz CT molecular complexity index is 1040. The molecule has 0 aliphatic heterocycles. The number of hydrazone groups is 1. The van der Waals surface area contributed by atoms with Crippen LogP contribution < -0.4 is 5.43 Å². The fourth-order valence-corrected chi connectivity index (χ4v) is 3.42. The van der Waals surface area contributed by atoms with Gasteiger partial charge < -0.3 is 9.84 Å². The largest absolute Gasteiger partial charge is 0.481 e. The molecule has 0 atom stereocenters. The Kier molecular flexibility index (Phi) is 7.29. The van der Waals surface area contributed by atoms with Gasteiger partial charge in [0.2, 0.25) is 5.13 Å². The van der Waals surface area contributed by atoms with Crippen LogP contribution in [0.4, 0.5) is 5.13 Å². The molecule has 3 aromatic rings. The van der Waals surface area contributed by atoms with Crippen molar-refractivity contribution in [3.05, 3.63) is 70.7 Å². The predicted octanol–water partition coefficient (Wildman–Crippen LogP) is 3.99. The number of benzene rings is 2. The number of thiazole rings is 1. The Hall–Kier alpha value is -3.52. The summed E-state index contributed by atoms with van der Waals surface area (Å²) < 4.78 is 4.91. The highest BCUT2D eigenvalue weighted by Gasteiger charge is 2.08. The van der Waals surface area contributed by atoms with Gasteiger partial charge in [0.25, 0.3) is 0 Å². The van der Waals surface area contributed by atoms with Crippen LogP contribution in [0.15, 0.2) is 59.0 Å². The molecule has 30 heavy (non-hydrogen) atoms. The maximum atomic E-state index is 11.5. The molecule has 0 aliphatic rings. The van der Waals surface area contributed by atoms with Crippen molar-refractivity contribution in [1.82, 2.24) is 4.98 Å². The third kappa shape index (κ3) is 6.25. The Labute approximate surface area is 178 Å². The molecule has 154 valence electrons. The third-order valence-corrected chi connectivity index (χ3v) is 4.88. The number of anilines is 1. The van der Waals surface area contributed by atoms with E-state index in [4.69, 9.17) is 9.84 Å². The molecule has 0 unspecified atom stereocenters. The van der Waals surface area contributed by atoms with Crippen LogP contribution in [0.3, 0.4) is 0 Å². The SMILES string of the molecule is CCOC(=O)Cc1csc(NN=Cc2ccc(-c3cccc(CC(=O)O)c3)cc2)n1. The van der Waals surface area contributed by atoms with Crippen LogP contribution in [-0.4, -0.2) is 34.9 Å². The van der Waals surface area contributed by atoms with Crippen LogP contribution >= 0.6 is 11.3 Å². The van der Waals surface area contributed by atoms with Gasteiger partial charge in [0.1, 0.15) is 0 Å². The molecule has 7 nitrogen and oxygen atoms in total. The summed E-state index contributed by atoms with van der Waals surface area (Å²) in [4.78, 5) is 26.7. The van der Waals surface area contributed by atoms with Gasteiger partial charge in [0, 0.05) is 5.38 Å². The highest BCUT2D eigenvalue weighted by atomic mass is 32.1. The first-order chi connectivity index (χ1) is 14.5. The Morgan fingerprint density at radius 1 is 1.17 bits per heavy atom. The van der Waals surface area contributed by atoms with E-state index < -0.39 is 5.97 Å². The number of carbonyl (C=O) groups is 2. The second-order valence-corrected chi connectivity index (χ2v) is 7.25. The molecule has 2 aromatic carbocycles. The second kappa shape index (κ2) is 10.3. The summed E-state index contributed by atoms with van der Waals surface area (Å²) >= 11 is 1.36. The van der Waals surface area contributed by atoms with E-state index in [1.54, 1.807) is 24.6 Å². The van der Waals surface area contributed by atoms with E-state index in [-0.39, 0.29) is 18.8 Å². The molecule has 1 heterocycles. The summed E-state index contributed by atoms with van der Waals surface area (Å²) in [5, 5.41) is 15.5. The number of aliphatic carboxylic acids is 1. The lowest BCUT2D eigenvalue weighted by molar-refractivity contribution is -0.142. The van der Waals surface area contributed by atoms with Crippen LogP contribution in [0.25, 0.3) is 11.1 Å². The number of carboxylic acid groups (broad SMARTS) is 1. The fraction of sp³-hybridized carbons (Fsp3) is 0.182. The zero-order valence-corrected chi connectivity index (χ0v) is 17.2. The molecule has 0 amide bonds. The number of ether oxygens (including phenoxy) is 1. The van der Waals surface area contributed by atoms with Crippen LogP contribution in [0, 0.1) is 0 Å². The van der Waals surface area contributed by atoms with Crippen molar-refractivity contribution >= 4 is 34.6 Å². The molecule has 0 fully saturated rings. The monoisotopic (exact) mass is 423 g/mol. The second-order valence-electron chi connectivity index (χ2n) is 6.39. The lowest BCUT2D eigenvalue weighted by atomic mass is 10.0. The lowest BCUT2D eigenvalue weighted by Gasteiger charge is -2.05. The zero-order valence-electron chi connectivity index (χ0n) is 16.4. The van der Waals surface area contributed by atoms with Crippen molar-refractivity contribution in [3.8, 4) is 11.1 Å². The Morgan fingerprint density at radius 2 is 1.97 bits per heavy atom. The summed E-state index contributed by atoms with van der Waals surface area (Å²) in [6.07, 6.45) is 1.82. The maximum absolute atomic E-state index is 11.5. The van der Waals surface area contributed by atoms with Crippen molar-refractivity contribution in [3.63, 3.8) is 0 Å². The Balaban J connectivity index is 1.58. The highest BCUT2D eigenvalue weighted by molar-refractivity contribution is 7.13. The van der Waals surface area contributed by atoms with E-state index in [0.29, 0.717) is 17.4 Å². The van der Waals surface area contributed by atoms with E-state index in [1.807, 2.05) is 42.5 Å². The molecule has 1 aromatic heterocycles. The van der Waals surface area contributed by atoms with Gasteiger partial charge in [-0.1, -0.05) is 48.5 Å².